The molecule has 0 N–H and O–H groups in total. The summed E-state index contributed by atoms with van der Waals surface area (Å²) in [5.74, 6) is 2.70. The van der Waals surface area contributed by atoms with Crippen LogP contribution in [0.5, 0.6) is 11.5 Å². The lowest BCUT2D eigenvalue weighted by Gasteiger charge is -2.58. The zero-order chi connectivity index (χ0) is 15.3. The molecule has 2 bridgehead atoms. The Morgan fingerprint density at radius 1 is 1.14 bits per heavy atom. The van der Waals surface area contributed by atoms with Crippen LogP contribution in [0, 0.1) is 5.92 Å². The molecule has 2 aliphatic carbocycles. The van der Waals surface area contributed by atoms with E-state index in [1.165, 1.54) is 56.2 Å². The maximum atomic E-state index is 5.86. The number of likely N-dealkylation sites (tertiary alicyclic amines) is 1. The number of benzene rings is 1. The van der Waals surface area contributed by atoms with Crippen molar-refractivity contribution in [2.24, 2.45) is 5.92 Å². The van der Waals surface area contributed by atoms with Crippen LogP contribution in [-0.4, -0.2) is 38.8 Å². The molecule has 3 aliphatic rings. The van der Waals surface area contributed by atoms with Gasteiger partial charge in [-0.3, -0.25) is 0 Å². The molecule has 0 radical (unpaired) electrons. The van der Waals surface area contributed by atoms with Gasteiger partial charge in [0.25, 0.3) is 0 Å². The predicted octanol–water partition coefficient (Wildman–Crippen LogP) is 3.39. The van der Waals surface area contributed by atoms with Gasteiger partial charge >= 0.3 is 0 Å². The molecule has 3 atom stereocenters. The third kappa shape index (κ3) is 1.78. The van der Waals surface area contributed by atoms with E-state index in [1.54, 1.807) is 14.2 Å². The Kier molecular flexibility index (Phi) is 3.37. The monoisotopic (exact) mass is 301 g/mol. The number of hydrogen-bond donors (Lipinski definition) is 0. The maximum Gasteiger partial charge on any atom is 0.164 e. The summed E-state index contributed by atoms with van der Waals surface area (Å²) in [7, 11) is 5.86. The minimum absolute atomic E-state index is 0.322. The molecule has 1 saturated heterocycles. The summed E-state index contributed by atoms with van der Waals surface area (Å²) in [5, 5.41) is 0. The van der Waals surface area contributed by atoms with E-state index < -0.39 is 0 Å². The Labute approximate surface area is 133 Å². The lowest BCUT2D eigenvalue weighted by molar-refractivity contribution is 0.00129. The van der Waals surface area contributed by atoms with Crippen LogP contribution in [0.2, 0.25) is 0 Å². The SMILES string of the molecule is COc1ccc2c(c1OC)[C@]13CCCC[C@@H]1[C@H](C2)N(C)CC3. The van der Waals surface area contributed by atoms with Crippen molar-refractivity contribution < 1.29 is 9.47 Å². The van der Waals surface area contributed by atoms with E-state index in [-0.39, 0.29) is 0 Å². The number of methoxy groups -OCH3 is 2. The molecule has 0 unspecified atom stereocenters. The number of ether oxygens (including phenoxy) is 2. The first-order valence-electron chi connectivity index (χ1n) is 8.66. The van der Waals surface area contributed by atoms with Crippen LogP contribution in [0.4, 0.5) is 0 Å². The van der Waals surface area contributed by atoms with Crippen LogP contribution < -0.4 is 9.47 Å². The van der Waals surface area contributed by atoms with Crippen molar-refractivity contribution in [3.8, 4) is 11.5 Å². The van der Waals surface area contributed by atoms with Crippen molar-refractivity contribution in [2.75, 3.05) is 27.8 Å². The molecule has 2 fully saturated rings. The van der Waals surface area contributed by atoms with Gasteiger partial charge in [0.2, 0.25) is 0 Å². The number of piperidine rings is 1. The van der Waals surface area contributed by atoms with Gasteiger partial charge < -0.3 is 14.4 Å². The van der Waals surface area contributed by atoms with Gasteiger partial charge in [0.1, 0.15) is 0 Å². The Morgan fingerprint density at radius 3 is 2.77 bits per heavy atom. The number of rotatable bonds is 2. The highest BCUT2D eigenvalue weighted by atomic mass is 16.5. The summed E-state index contributed by atoms with van der Waals surface area (Å²) in [6.45, 7) is 1.21. The second-order valence-electron chi connectivity index (χ2n) is 7.35. The summed E-state index contributed by atoms with van der Waals surface area (Å²) in [6, 6.07) is 5.09. The lowest BCUT2D eigenvalue weighted by Crippen LogP contribution is -2.59. The van der Waals surface area contributed by atoms with Crippen LogP contribution in [-0.2, 0) is 11.8 Å². The smallest absolute Gasteiger partial charge is 0.164 e. The van der Waals surface area contributed by atoms with E-state index in [2.05, 4.69) is 24.1 Å². The molecule has 1 aliphatic heterocycles. The van der Waals surface area contributed by atoms with Crippen LogP contribution in [0.15, 0.2) is 12.1 Å². The molecular formula is C19H27NO2. The van der Waals surface area contributed by atoms with E-state index >= 15 is 0 Å². The van der Waals surface area contributed by atoms with Gasteiger partial charge in [-0.05, 0) is 56.8 Å². The van der Waals surface area contributed by atoms with Gasteiger partial charge in [-0.15, -0.1) is 0 Å². The summed E-state index contributed by atoms with van der Waals surface area (Å²) in [5.41, 5.74) is 3.30. The van der Waals surface area contributed by atoms with Crippen LogP contribution >= 0.6 is 0 Å². The Hall–Kier alpha value is -1.22. The molecule has 0 aromatic heterocycles. The molecule has 1 heterocycles. The summed E-state index contributed by atoms with van der Waals surface area (Å²) < 4.78 is 11.5. The normalized spacial score (nSPS) is 33.8. The second-order valence-corrected chi connectivity index (χ2v) is 7.35. The molecule has 3 nitrogen and oxygen atoms in total. The lowest BCUT2D eigenvalue weighted by atomic mass is 9.52. The van der Waals surface area contributed by atoms with E-state index in [4.69, 9.17) is 9.47 Å². The average molecular weight is 301 g/mol. The number of likely N-dealkylation sites (N-methyl/N-ethyl adjacent to an activating group) is 1. The molecule has 4 rings (SSSR count). The molecule has 22 heavy (non-hydrogen) atoms. The van der Waals surface area contributed by atoms with Crippen molar-refractivity contribution >= 4 is 0 Å². The summed E-state index contributed by atoms with van der Waals surface area (Å²) in [6.07, 6.45) is 7.86. The van der Waals surface area contributed by atoms with Crippen LogP contribution in [0.25, 0.3) is 0 Å². The topological polar surface area (TPSA) is 21.7 Å². The van der Waals surface area contributed by atoms with Crippen molar-refractivity contribution in [3.05, 3.63) is 23.3 Å². The highest BCUT2D eigenvalue weighted by Crippen LogP contribution is 2.59. The van der Waals surface area contributed by atoms with E-state index in [9.17, 15) is 0 Å². The zero-order valence-electron chi connectivity index (χ0n) is 14.0. The van der Waals surface area contributed by atoms with Gasteiger partial charge in [0.15, 0.2) is 11.5 Å². The van der Waals surface area contributed by atoms with Gasteiger partial charge in [-0.25, -0.2) is 0 Å². The fraction of sp³-hybridized carbons (Fsp3) is 0.684. The average Bonchev–Trinajstić information content (AvgIpc) is 2.57. The zero-order valence-corrected chi connectivity index (χ0v) is 14.0. The van der Waals surface area contributed by atoms with Crippen molar-refractivity contribution in [2.45, 2.75) is 50.0 Å². The van der Waals surface area contributed by atoms with Crippen molar-refractivity contribution in [1.82, 2.24) is 4.90 Å². The third-order valence-corrected chi connectivity index (χ3v) is 6.60. The first-order valence-corrected chi connectivity index (χ1v) is 8.66. The number of hydrogen-bond acceptors (Lipinski definition) is 3. The maximum absolute atomic E-state index is 5.86. The Bertz CT molecular complexity index is 585. The fourth-order valence-electron chi connectivity index (χ4n) is 5.63. The third-order valence-electron chi connectivity index (χ3n) is 6.60. The predicted molar refractivity (Wildman–Crippen MR) is 87.9 cm³/mol. The largest absolute Gasteiger partial charge is 0.493 e. The van der Waals surface area contributed by atoms with Crippen molar-refractivity contribution in [3.63, 3.8) is 0 Å². The van der Waals surface area contributed by atoms with Gasteiger partial charge in [-0.1, -0.05) is 18.9 Å². The molecule has 120 valence electrons. The van der Waals surface area contributed by atoms with Crippen LogP contribution in [0.1, 0.15) is 43.2 Å². The van der Waals surface area contributed by atoms with E-state index in [0.717, 1.165) is 17.4 Å². The van der Waals surface area contributed by atoms with Gasteiger partial charge in [0.05, 0.1) is 14.2 Å². The molecule has 0 spiro atoms. The highest BCUT2D eigenvalue weighted by molar-refractivity contribution is 5.57. The van der Waals surface area contributed by atoms with Crippen molar-refractivity contribution in [1.29, 1.82) is 0 Å². The molecular weight excluding hydrogens is 274 g/mol. The summed E-state index contributed by atoms with van der Waals surface area (Å²) >= 11 is 0. The first kappa shape index (κ1) is 14.4. The summed E-state index contributed by atoms with van der Waals surface area (Å²) in [4.78, 5) is 2.61. The first-order chi connectivity index (χ1) is 10.7. The number of nitrogens with zero attached hydrogens (tertiary/aromatic N) is 1. The minimum atomic E-state index is 0.322. The standard InChI is InChI=1S/C19H27NO2/c1-20-11-10-19-9-5-4-6-14(19)15(20)12-13-7-8-16(21-2)18(22-3)17(13)19/h7-8,14-15H,4-6,9-12H2,1-3H3/t14-,15+,19+/m1/s1. The fourth-order valence-corrected chi connectivity index (χ4v) is 5.63. The van der Waals surface area contributed by atoms with Gasteiger partial charge in [0, 0.05) is 17.0 Å². The quantitative estimate of drug-likeness (QED) is 0.836. The Balaban J connectivity index is 1.94. The Morgan fingerprint density at radius 2 is 2.00 bits per heavy atom. The van der Waals surface area contributed by atoms with Gasteiger partial charge in [-0.2, -0.15) is 0 Å². The molecule has 3 heteroatoms. The van der Waals surface area contributed by atoms with E-state index in [1.807, 2.05) is 0 Å². The molecule has 1 saturated carbocycles. The number of fused-ring (bicyclic) bond motifs is 1. The second kappa shape index (κ2) is 5.16. The molecule has 1 aromatic carbocycles. The minimum Gasteiger partial charge on any atom is -0.493 e. The molecule has 0 amide bonds. The molecule has 1 aromatic rings. The highest BCUT2D eigenvalue weighted by Gasteiger charge is 2.54. The van der Waals surface area contributed by atoms with Crippen LogP contribution in [0.3, 0.4) is 0 Å². The van der Waals surface area contributed by atoms with E-state index in [0.29, 0.717) is 11.5 Å².